The van der Waals surface area contributed by atoms with Crippen LogP contribution in [0.5, 0.6) is 17.2 Å². The maximum atomic E-state index is 12.5. The number of likely N-dealkylation sites (tertiary alicyclic amines) is 3. The number of anilines is 3. The fourth-order valence-corrected chi connectivity index (χ4v) is 9.25. The van der Waals surface area contributed by atoms with Crippen molar-refractivity contribution in [1.82, 2.24) is 14.7 Å². The summed E-state index contributed by atoms with van der Waals surface area (Å²) >= 11 is 0. The second-order valence-electron chi connectivity index (χ2n) is 18.7. The highest BCUT2D eigenvalue weighted by atomic mass is 16.3. The van der Waals surface area contributed by atoms with Crippen LogP contribution < -0.4 is 16.0 Å². The summed E-state index contributed by atoms with van der Waals surface area (Å²) < 4.78 is 0. The molecule has 3 aliphatic heterocycles. The first kappa shape index (κ1) is 53.7. The number of hydrogen-bond acceptors (Lipinski definition) is 10. The smallest absolute Gasteiger partial charge is 0.226 e. The molecule has 6 aromatic carbocycles. The summed E-state index contributed by atoms with van der Waals surface area (Å²) in [7, 11) is 0. The van der Waals surface area contributed by atoms with Gasteiger partial charge in [-0.05, 0) is 98.0 Å². The highest BCUT2D eigenvalue weighted by molar-refractivity contribution is 5.94. The molecule has 3 heterocycles. The number of phenols is 3. The molecule has 0 saturated carbocycles. The van der Waals surface area contributed by atoms with Gasteiger partial charge in [0.25, 0.3) is 0 Å². The quantitative estimate of drug-likeness (QED) is 0.0669. The first-order valence-corrected chi connectivity index (χ1v) is 25.6. The maximum Gasteiger partial charge on any atom is 0.226 e. The van der Waals surface area contributed by atoms with E-state index in [9.17, 15) is 19.8 Å². The van der Waals surface area contributed by atoms with Crippen molar-refractivity contribution in [3.63, 3.8) is 0 Å². The monoisotopic (exact) mass is 961 g/mol. The number of phenolic OH excluding ortho intramolecular Hbond substituents is 3. The number of nitrogens with zero attached hydrogens (tertiary/aromatic N) is 4. The van der Waals surface area contributed by atoms with Crippen LogP contribution >= 0.6 is 0 Å². The highest BCUT2D eigenvalue weighted by Crippen LogP contribution is 2.28. The molecule has 0 aromatic heterocycles. The van der Waals surface area contributed by atoms with Crippen LogP contribution in [0.1, 0.15) is 68.6 Å². The number of ketones is 1. The topological polar surface area (TPSA) is 146 Å². The van der Waals surface area contributed by atoms with Gasteiger partial charge in [0.15, 0.2) is 0 Å². The van der Waals surface area contributed by atoms with Gasteiger partial charge in [0, 0.05) is 126 Å². The third kappa shape index (κ3) is 19.6. The van der Waals surface area contributed by atoms with Gasteiger partial charge in [-0.3, -0.25) is 9.59 Å². The van der Waals surface area contributed by atoms with Crippen LogP contribution in [0.25, 0.3) is 0 Å². The fraction of sp³-hybridized carbons (Fsp3) is 0.367. The third-order valence-corrected chi connectivity index (χ3v) is 13.4. The largest absolute Gasteiger partial charge is 0.508 e. The van der Waals surface area contributed by atoms with Crippen LogP contribution in [-0.2, 0) is 28.9 Å². The lowest BCUT2D eigenvalue weighted by atomic mass is 10.0. The summed E-state index contributed by atoms with van der Waals surface area (Å²) in [5, 5.41) is 31.6. The fourth-order valence-electron chi connectivity index (χ4n) is 9.25. The first-order valence-electron chi connectivity index (χ1n) is 25.6. The maximum absolute atomic E-state index is 12.5. The zero-order valence-electron chi connectivity index (χ0n) is 41.7. The normalized spacial score (nSPS) is 15.7. The summed E-state index contributed by atoms with van der Waals surface area (Å²) in [5.41, 5.74) is 11.9. The molecule has 11 heteroatoms. The lowest BCUT2D eigenvalue weighted by Crippen LogP contribution is -2.47. The average molecular weight is 961 g/mol. The number of amides is 1. The van der Waals surface area contributed by atoms with Gasteiger partial charge in [-0.2, -0.15) is 0 Å². The van der Waals surface area contributed by atoms with Crippen LogP contribution in [0.3, 0.4) is 0 Å². The molecule has 11 nitrogen and oxygen atoms in total. The number of nitrogens with one attached hydrogen (secondary N) is 1. The molecule has 6 N–H and O–H groups in total. The predicted molar refractivity (Wildman–Crippen MR) is 290 cm³/mol. The Labute approximate surface area is 422 Å². The van der Waals surface area contributed by atoms with Gasteiger partial charge in [0.05, 0.1) is 0 Å². The van der Waals surface area contributed by atoms with E-state index in [-0.39, 0.29) is 23.4 Å². The van der Waals surface area contributed by atoms with Gasteiger partial charge in [-0.25, -0.2) is 0 Å². The van der Waals surface area contributed by atoms with Crippen LogP contribution in [0.2, 0.25) is 0 Å². The Balaban J connectivity index is 0.000000166. The number of piperidine rings is 3. The Kier molecular flexibility index (Phi) is 22.3. The molecule has 71 heavy (non-hydrogen) atoms. The van der Waals surface area contributed by atoms with E-state index >= 15 is 0 Å². The summed E-state index contributed by atoms with van der Waals surface area (Å²) in [6.45, 7) is 11.4. The van der Waals surface area contributed by atoms with E-state index in [1.807, 2.05) is 36.1 Å². The van der Waals surface area contributed by atoms with E-state index < -0.39 is 0 Å². The standard InChI is InChI=1S/C22H28N2O2.C19H24N2O.C13H17NO.C6H7NO/c1-2-22(26)24(20-9-6-10-21(25)17-20)19-12-15-23(16-13-19)14-11-18-7-4-3-5-8-18;22-19-8-4-7-18(15-19)20-17-10-13-21(14-11-17)12-9-16-5-2-1-3-6-16;15-13-7-10-14(11-8-13)9-6-12-4-2-1-3-5-12;7-5-2-1-3-6(8)4-5/h3-10,17,19,25H,2,11-16H2,1H3;1-8,15,17,20,22H,9-14H2;1-5H,6-11H2;1-4,8H,7H2. The van der Waals surface area contributed by atoms with E-state index in [2.05, 4.69) is 105 Å². The van der Waals surface area contributed by atoms with Crippen molar-refractivity contribution in [3.05, 3.63) is 180 Å². The van der Waals surface area contributed by atoms with Crippen LogP contribution in [0.15, 0.2) is 164 Å². The van der Waals surface area contributed by atoms with E-state index in [1.165, 1.54) is 22.8 Å². The van der Waals surface area contributed by atoms with E-state index in [4.69, 9.17) is 10.8 Å². The first-order chi connectivity index (χ1) is 34.6. The van der Waals surface area contributed by atoms with Crippen LogP contribution in [0, 0.1) is 0 Å². The third-order valence-electron chi connectivity index (χ3n) is 13.4. The van der Waals surface area contributed by atoms with Gasteiger partial charge in [-0.15, -0.1) is 0 Å². The number of rotatable bonds is 14. The molecule has 0 spiro atoms. The molecule has 0 radical (unpaired) electrons. The molecule has 9 rings (SSSR count). The molecular weight excluding hydrogens is 885 g/mol. The zero-order valence-corrected chi connectivity index (χ0v) is 41.7. The number of carbonyl (C=O) groups excluding carboxylic acids is 2. The average Bonchev–Trinajstić information content (AvgIpc) is 3.39. The van der Waals surface area contributed by atoms with Crippen molar-refractivity contribution in [2.45, 2.75) is 83.2 Å². The minimum atomic E-state index is 0.123. The molecule has 0 atom stereocenters. The molecular formula is C60H76N6O5. The zero-order chi connectivity index (χ0) is 50.0. The molecule has 376 valence electrons. The Hall–Kier alpha value is -6.66. The summed E-state index contributed by atoms with van der Waals surface area (Å²) in [5.74, 6) is 1.29. The Morgan fingerprint density at radius 3 is 1.42 bits per heavy atom. The summed E-state index contributed by atoms with van der Waals surface area (Å²) in [6.07, 6.45) is 9.50. The molecule has 1 amide bonds. The Bertz CT molecular complexity index is 2420. The molecule has 6 aromatic rings. The van der Waals surface area contributed by atoms with Gasteiger partial charge in [-0.1, -0.05) is 116 Å². The second-order valence-corrected chi connectivity index (χ2v) is 18.7. The Morgan fingerprint density at radius 1 is 0.549 bits per heavy atom. The second kappa shape index (κ2) is 29.5. The lowest BCUT2D eigenvalue weighted by Gasteiger charge is -2.38. The van der Waals surface area contributed by atoms with Gasteiger partial charge < -0.3 is 46.0 Å². The van der Waals surface area contributed by atoms with Gasteiger partial charge in [0.2, 0.25) is 5.91 Å². The van der Waals surface area contributed by atoms with Gasteiger partial charge in [0.1, 0.15) is 23.0 Å². The summed E-state index contributed by atoms with van der Waals surface area (Å²) in [6, 6.07) is 53.5. The number of aromatic hydroxyl groups is 3. The van der Waals surface area contributed by atoms with E-state index in [0.717, 1.165) is 128 Å². The summed E-state index contributed by atoms with van der Waals surface area (Å²) in [4.78, 5) is 32.9. The van der Waals surface area contributed by atoms with Crippen molar-refractivity contribution in [2.24, 2.45) is 0 Å². The predicted octanol–water partition coefficient (Wildman–Crippen LogP) is 10.2. The number of nitrogen functional groups attached to an aromatic ring is 1. The molecule has 0 aliphatic carbocycles. The minimum Gasteiger partial charge on any atom is -0.508 e. The molecule has 0 bridgehead atoms. The molecule has 0 unspecified atom stereocenters. The molecule has 3 fully saturated rings. The SMILES string of the molecule is CCC(=O)N(c1cccc(O)c1)C1CCN(CCc2ccccc2)CC1.Nc1cccc(O)c1.O=C1CCN(CCc2ccccc2)CC1.Oc1cccc(NC2CCN(CCc3ccccc3)CC2)c1. The number of nitrogens with two attached hydrogens (primary N) is 1. The van der Waals surface area contributed by atoms with E-state index in [1.54, 1.807) is 48.5 Å². The minimum absolute atomic E-state index is 0.123. The Morgan fingerprint density at radius 2 is 0.986 bits per heavy atom. The van der Waals surface area contributed by atoms with Crippen molar-refractivity contribution in [3.8, 4) is 17.2 Å². The van der Waals surface area contributed by atoms with E-state index in [0.29, 0.717) is 29.7 Å². The number of carbonyl (C=O) groups is 2. The van der Waals surface area contributed by atoms with Crippen molar-refractivity contribution in [2.75, 3.05) is 74.9 Å². The number of Topliss-reactive ketones (excluding diaryl/α,β-unsaturated/α-hetero) is 1. The van der Waals surface area contributed by atoms with Gasteiger partial charge >= 0.3 is 0 Å². The molecule has 3 aliphatic rings. The van der Waals surface area contributed by atoms with Crippen LogP contribution in [-0.4, -0.2) is 113 Å². The van der Waals surface area contributed by atoms with Crippen molar-refractivity contribution in [1.29, 1.82) is 0 Å². The molecule has 3 saturated heterocycles. The lowest BCUT2D eigenvalue weighted by molar-refractivity contribution is -0.121. The van der Waals surface area contributed by atoms with Crippen molar-refractivity contribution >= 4 is 28.8 Å². The van der Waals surface area contributed by atoms with Crippen LogP contribution in [0.4, 0.5) is 17.1 Å². The highest BCUT2D eigenvalue weighted by Gasteiger charge is 2.28. The number of benzene rings is 6. The van der Waals surface area contributed by atoms with Crippen molar-refractivity contribution < 1.29 is 24.9 Å². The number of hydrogen-bond donors (Lipinski definition) is 5.